The summed E-state index contributed by atoms with van der Waals surface area (Å²) in [7, 11) is 4.32. The van der Waals surface area contributed by atoms with Crippen molar-refractivity contribution in [2.75, 3.05) is 87.0 Å². The number of amides is 6. The highest BCUT2D eigenvalue weighted by Crippen LogP contribution is 2.35. The zero-order chi connectivity index (χ0) is 45.1. The van der Waals surface area contributed by atoms with Crippen molar-refractivity contribution in [1.82, 2.24) is 31.5 Å². The molecule has 0 spiro atoms. The van der Waals surface area contributed by atoms with Gasteiger partial charge in [-0.2, -0.15) is 0 Å². The predicted octanol–water partition coefficient (Wildman–Crippen LogP) is 0.521. The molecule has 0 radical (unpaired) electrons. The van der Waals surface area contributed by atoms with Crippen LogP contribution in [0.5, 0.6) is 34.5 Å². The highest BCUT2D eigenvalue weighted by atomic mass is 16.5. The van der Waals surface area contributed by atoms with Crippen LogP contribution in [0.25, 0.3) is 0 Å². The monoisotopic (exact) mass is 856 g/mol. The van der Waals surface area contributed by atoms with Crippen LogP contribution in [0.4, 0.5) is 0 Å². The molecule has 6 amide bonds. The van der Waals surface area contributed by atoms with Crippen molar-refractivity contribution in [2.45, 2.75) is 19.3 Å². The Balaban J connectivity index is 1.69. The maximum Gasteiger partial charge on any atom is 0.257 e. The average Bonchev–Trinajstić information content (AvgIpc) is 3.23. The average molecular weight is 857 g/mol. The number of ether oxygens (including phenoxy) is 3. The summed E-state index contributed by atoms with van der Waals surface area (Å²) in [4.78, 5) is 78.1. The number of hydrogen-bond acceptors (Lipinski definition) is 15. The minimum atomic E-state index is -0.845. The Hall–Kier alpha value is -6.84. The van der Waals surface area contributed by atoms with E-state index in [1.807, 2.05) is 0 Å². The Labute approximate surface area is 350 Å². The second kappa shape index (κ2) is 24.3. The molecule has 0 aromatic heterocycles. The molecule has 3 aromatic rings. The quantitative estimate of drug-likeness (QED) is 0.0432. The van der Waals surface area contributed by atoms with Gasteiger partial charge in [0.2, 0.25) is 0 Å². The van der Waals surface area contributed by atoms with Crippen molar-refractivity contribution in [3.8, 4) is 34.5 Å². The zero-order valence-corrected chi connectivity index (χ0v) is 34.0. The number of benzene rings is 3. The molecule has 332 valence electrons. The molecule has 3 rings (SSSR count). The van der Waals surface area contributed by atoms with Gasteiger partial charge in [-0.05, 0) is 55.7 Å². The van der Waals surface area contributed by atoms with Gasteiger partial charge < -0.3 is 76.3 Å². The topological polar surface area (TPSA) is 315 Å². The van der Waals surface area contributed by atoms with E-state index in [0.717, 1.165) is 6.07 Å². The fourth-order valence-electron chi connectivity index (χ4n) is 5.69. The van der Waals surface area contributed by atoms with Crippen LogP contribution < -0.4 is 26.6 Å². The largest absolute Gasteiger partial charge is 0.504 e. The zero-order valence-electron chi connectivity index (χ0n) is 34.0. The highest BCUT2D eigenvalue weighted by Gasteiger charge is 2.26. The third-order valence-electron chi connectivity index (χ3n) is 9.00. The second-order valence-electron chi connectivity index (χ2n) is 13.2. The number of rotatable bonds is 24. The molecule has 0 saturated carbocycles. The van der Waals surface area contributed by atoms with E-state index >= 15 is 0 Å². The third-order valence-corrected chi connectivity index (χ3v) is 9.00. The number of carbonyl (C=O) groups excluding carboxylic acids is 6. The van der Waals surface area contributed by atoms with Gasteiger partial charge in [0.25, 0.3) is 35.4 Å². The maximum absolute atomic E-state index is 13.8. The first kappa shape index (κ1) is 48.5. The number of phenolic OH excluding ortho intramolecular Hbond substituents is 6. The van der Waals surface area contributed by atoms with Crippen LogP contribution in [0, 0.1) is 0 Å². The van der Waals surface area contributed by atoms with Crippen molar-refractivity contribution in [1.29, 1.82) is 0 Å². The lowest BCUT2D eigenvalue weighted by Gasteiger charge is -2.24. The van der Waals surface area contributed by atoms with Crippen LogP contribution in [0.3, 0.4) is 0 Å². The number of aromatic hydroxyl groups is 6. The molecule has 0 heterocycles. The molecule has 0 fully saturated rings. The van der Waals surface area contributed by atoms with Gasteiger partial charge in [0.15, 0.2) is 34.5 Å². The molecule has 0 bridgehead atoms. The first-order chi connectivity index (χ1) is 29.2. The molecule has 0 unspecified atom stereocenters. The second-order valence-corrected chi connectivity index (χ2v) is 13.2. The van der Waals surface area contributed by atoms with E-state index in [1.54, 1.807) is 0 Å². The molecule has 61 heavy (non-hydrogen) atoms. The number of hydrogen-bond donors (Lipinski definition) is 11. The Morgan fingerprint density at radius 3 is 1.00 bits per heavy atom. The van der Waals surface area contributed by atoms with E-state index < -0.39 is 69.9 Å². The van der Waals surface area contributed by atoms with Gasteiger partial charge in [0.05, 0.1) is 53.2 Å². The standard InChI is InChI=1S/C40H52N6O15/c1-59-20-15-43-37(55)25-9-7-23(29(47)31(25)49)35(53)41-13-4-5-18-46(40(58)28-12-11-27(33(51)34(28)52)39(57)45-17-22-61-3)19-6-14-42-36(54)24-8-10-26(32(50)30(24)48)38(56)44-16-21-60-2/h7-12,47-52H,4-6,13-22H2,1-3H3,(H,41,53)(H,42,54)(H,43,55)(H,44,56)(H,45,57). The van der Waals surface area contributed by atoms with Crippen LogP contribution in [0.1, 0.15) is 81.4 Å². The van der Waals surface area contributed by atoms with Crippen molar-refractivity contribution in [2.24, 2.45) is 0 Å². The number of phenols is 6. The summed E-state index contributed by atoms with van der Waals surface area (Å²) in [6.07, 6.45) is 0.665. The number of nitrogens with one attached hydrogen (secondary N) is 5. The highest BCUT2D eigenvalue weighted by molar-refractivity contribution is 6.04. The Morgan fingerprint density at radius 2 is 0.672 bits per heavy atom. The lowest BCUT2D eigenvalue weighted by molar-refractivity contribution is 0.0743. The van der Waals surface area contributed by atoms with Crippen LogP contribution in [0.15, 0.2) is 36.4 Å². The van der Waals surface area contributed by atoms with E-state index in [0.29, 0.717) is 0 Å². The van der Waals surface area contributed by atoms with Gasteiger partial charge in [-0.25, -0.2) is 0 Å². The number of carbonyl (C=O) groups is 6. The minimum absolute atomic E-state index is 0.0265. The Kier molecular flexibility index (Phi) is 19.3. The van der Waals surface area contributed by atoms with E-state index in [4.69, 9.17) is 14.2 Å². The summed E-state index contributed by atoms with van der Waals surface area (Å²) in [5.74, 6) is -9.29. The van der Waals surface area contributed by atoms with Crippen molar-refractivity contribution < 1.29 is 73.6 Å². The summed E-state index contributed by atoms with van der Waals surface area (Å²) in [5, 5.41) is 75.8. The first-order valence-electron chi connectivity index (χ1n) is 19.0. The van der Waals surface area contributed by atoms with E-state index in [-0.39, 0.29) is 118 Å². The fourth-order valence-corrected chi connectivity index (χ4v) is 5.69. The van der Waals surface area contributed by atoms with E-state index in [1.165, 1.54) is 56.6 Å². The molecule has 11 N–H and O–H groups in total. The van der Waals surface area contributed by atoms with Crippen LogP contribution in [-0.2, 0) is 14.2 Å². The summed E-state index contributed by atoms with van der Waals surface area (Å²) in [6, 6.07) is 7.02. The van der Waals surface area contributed by atoms with Gasteiger partial charge in [-0.15, -0.1) is 0 Å². The first-order valence-corrected chi connectivity index (χ1v) is 19.0. The van der Waals surface area contributed by atoms with Gasteiger partial charge >= 0.3 is 0 Å². The van der Waals surface area contributed by atoms with Crippen molar-refractivity contribution >= 4 is 35.4 Å². The van der Waals surface area contributed by atoms with Crippen LogP contribution >= 0.6 is 0 Å². The van der Waals surface area contributed by atoms with Crippen LogP contribution in [0.2, 0.25) is 0 Å². The van der Waals surface area contributed by atoms with E-state index in [2.05, 4.69) is 26.6 Å². The lowest BCUT2D eigenvalue weighted by Crippen LogP contribution is -2.36. The number of nitrogens with zero attached hydrogens (tertiary/aromatic N) is 1. The van der Waals surface area contributed by atoms with Gasteiger partial charge in [0, 0.05) is 67.1 Å². The Bertz CT molecular complexity index is 2040. The SMILES string of the molecule is COCCNC(=O)c1ccc(C(=O)NCCCCN(CCCNC(=O)c2ccc(C(=O)NCCOC)c(O)c2O)C(=O)c2ccc(C(=O)NCCOC)c(O)c2O)c(O)c1O. The normalized spacial score (nSPS) is 10.7. The summed E-state index contributed by atoms with van der Waals surface area (Å²) in [6.45, 7) is 1.00. The van der Waals surface area contributed by atoms with Gasteiger partial charge in [0.1, 0.15) is 0 Å². The molecule has 0 aliphatic carbocycles. The van der Waals surface area contributed by atoms with Crippen molar-refractivity contribution in [3.63, 3.8) is 0 Å². The molecule has 21 heteroatoms. The molecule has 3 aromatic carbocycles. The smallest absolute Gasteiger partial charge is 0.257 e. The molecule has 21 nitrogen and oxygen atoms in total. The molecule has 0 saturated heterocycles. The predicted molar refractivity (Wildman–Crippen MR) is 216 cm³/mol. The van der Waals surface area contributed by atoms with Gasteiger partial charge in [-0.3, -0.25) is 28.8 Å². The minimum Gasteiger partial charge on any atom is -0.504 e. The Morgan fingerprint density at radius 1 is 0.410 bits per heavy atom. The molecular formula is C40H52N6O15. The van der Waals surface area contributed by atoms with Crippen molar-refractivity contribution in [3.05, 3.63) is 69.8 Å². The van der Waals surface area contributed by atoms with Gasteiger partial charge in [-0.1, -0.05) is 0 Å². The molecule has 0 aliphatic heterocycles. The number of unbranched alkanes of at least 4 members (excludes halogenated alkanes) is 1. The molecule has 0 atom stereocenters. The summed E-state index contributed by atoms with van der Waals surface area (Å²) >= 11 is 0. The fraction of sp³-hybridized carbons (Fsp3) is 0.400. The molecular weight excluding hydrogens is 804 g/mol. The summed E-state index contributed by atoms with van der Waals surface area (Å²) in [5.41, 5.74) is -1.75. The molecule has 0 aliphatic rings. The third kappa shape index (κ3) is 13.3. The van der Waals surface area contributed by atoms with Crippen LogP contribution in [-0.4, -0.2) is 158 Å². The summed E-state index contributed by atoms with van der Waals surface area (Å²) < 4.78 is 14.6. The maximum atomic E-state index is 13.8. The number of methoxy groups -OCH3 is 3. The van der Waals surface area contributed by atoms with E-state index in [9.17, 15) is 59.4 Å². The lowest BCUT2D eigenvalue weighted by atomic mass is 10.1.